The van der Waals surface area contributed by atoms with E-state index in [0.29, 0.717) is 32.8 Å². The fourth-order valence-electron chi connectivity index (χ4n) is 3.34. The van der Waals surface area contributed by atoms with Crippen molar-refractivity contribution in [1.82, 2.24) is 4.90 Å². The van der Waals surface area contributed by atoms with E-state index in [1.807, 2.05) is 18.2 Å². The van der Waals surface area contributed by atoms with E-state index in [1.54, 1.807) is 23.6 Å². The highest BCUT2D eigenvalue weighted by atomic mass is 16.5. The highest BCUT2D eigenvalue weighted by molar-refractivity contribution is 6.11. The quantitative estimate of drug-likeness (QED) is 0.783. The largest absolute Gasteiger partial charge is 0.378 e. The molecular weight excluding hydrogens is 292 g/mol. The number of para-hydroxylation sites is 1. The second kappa shape index (κ2) is 6.32. The molecule has 0 saturated carbocycles. The highest BCUT2D eigenvalue weighted by Gasteiger charge is 2.43. The van der Waals surface area contributed by atoms with Gasteiger partial charge in [0.25, 0.3) is 0 Å². The van der Waals surface area contributed by atoms with Gasteiger partial charge in [0.1, 0.15) is 5.41 Å². The van der Waals surface area contributed by atoms with Crippen molar-refractivity contribution < 1.29 is 14.3 Å². The van der Waals surface area contributed by atoms with Gasteiger partial charge in [-0.25, -0.2) is 0 Å². The van der Waals surface area contributed by atoms with Gasteiger partial charge in [0, 0.05) is 25.3 Å². The first-order valence-electron chi connectivity index (χ1n) is 8.29. The predicted octanol–water partition coefficient (Wildman–Crippen LogP) is 1.85. The molecule has 5 nitrogen and oxygen atoms in total. The maximum absolute atomic E-state index is 13.1. The van der Waals surface area contributed by atoms with E-state index in [1.165, 1.54) is 5.56 Å². The first-order chi connectivity index (χ1) is 11.0. The Labute approximate surface area is 137 Å². The predicted molar refractivity (Wildman–Crippen MR) is 88.3 cm³/mol. The van der Waals surface area contributed by atoms with Crippen molar-refractivity contribution in [3.8, 4) is 0 Å². The van der Waals surface area contributed by atoms with Crippen LogP contribution in [0, 0.1) is 5.41 Å². The molecule has 23 heavy (non-hydrogen) atoms. The van der Waals surface area contributed by atoms with E-state index < -0.39 is 5.41 Å². The number of ether oxygens (including phenoxy) is 1. The SMILES string of the molecule is CC(C)(C(=O)N1CCOCC1)C(=O)N1CCCc2ccccc21. The Morgan fingerprint density at radius 3 is 2.48 bits per heavy atom. The third-order valence-corrected chi connectivity index (χ3v) is 4.72. The topological polar surface area (TPSA) is 49.9 Å². The summed E-state index contributed by atoms with van der Waals surface area (Å²) in [4.78, 5) is 29.5. The number of aryl methyl sites for hydroxylation is 1. The second-order valence-corrected chi connectivity index (χ2v) is 6.72. The monoisotopic (exact) mass is 316 g/mol. The van der Waals surface area contributed by atoms with Gasteiger partial charge in [0.15, 0.2) is 0 Å². The van der Waals surface area contributed by atoms with Crippen LogP contribution in [0.15, 0.2) is 24.3 Å². The van der Waals surface area contributed by atoms with Gasteiger partial charge in [0.2, 0.25) is 11.8 Å². The zero-order chi connectivity index (χ0) is 16.4. The summed E-state index contributed by atoms with van der Waals surface area (Å²) < 4.78 is 5.30. The van der Waals surface area contributed by atoms with Gasteiger partial charge in [-0.05, 0) is 38.3 Å². The summed E-state index contributed by atoms with van der Waals surface area (Å²) in [5, 5.41) is 0. The highest BCUT2D eigenvalue weighted by Crippen LogP contribution is 2.32. The third-order valence-electron chi connectivity index (χ3n) is 4.72. The van der Waals surface area contributed by atoms with E-state index in [2.05, 4.69) is 6.07 Å². The van der Waals surface area contributed by atoms with Crippen molar-refractivity contribution in [2.75, 3.05) is 37.7 Å². The minimum Gasteiger partial charge on any atom is -0.378 e. The Hall–Kier alpha value is -1.88. The minimum absolute atomic E-state index is 0.103. The van der Waals surface area contributed by atoms with E-state index in [9.17, 15) is 9.59 Å². The number of morpholine rings is 1. The fourth-order valence-corrected chi connectivity index (χ4v) is 3.34. The second-order valence-electron chi connectivity index (χ2n) is 6.72. The van der Waals surface area contributed by atoms with Crippen LogP contribution in [0.1, 0.15) is 25.8 Å². The van der Waals surface area contributed by atoms with Crippen molar-refractivity contribution in [2.24, 2.45) is 5.41 Å². The molecule has 5 heteroatoms. The molecule has 2 aliphatic heterocycles. The van der Waals surface area contributed by atoms with Crippen molar-refractivity contribution in [3.63, 3.8) is 0 Å². The van der Waals surface area contributed by atoms with Crippen molar-refractivity contribution in [2.45, 2.75) is 26.7 Å². The molecule has 0 aliphatic carbocycles. The van der Waals surface area contributed by atoms with Crippen molar-refractivity contribution >= 4 is 17.5 Å². The average molecular weight is 316 g/mol. The Bertz CT molecular complexity index is 606. The average Bonchev–Trinajstić information content (AvgIpc) is 2.60. The summed E-state index contributed by atoms with van der Waals surface area (Å²) >= 11 is 0. The lowest BCUT2D eigenvalue weighted by molar-refractivity contribution is -0.150. The van der Waals surface area contributed by atoms with Crippen LogP contribution in [0.3, 0.4) is 0 Å². The van der Waals surface area contributed by atoms with E-state index in [0.717, 1.165) is 18.5 Å². The number of amides is 2. The van der Waals surface area contributed by atoms with Crippen LogP contribution in [-0.2, 0) is 20.7 Å². The van der Waals surface area contributed by atoms with Crippen LogP contribution >= 0.6 is 0 Å². The molecule has 0 N–H and O–H groups in total. The summed E-state index contributed by atoms with van der Waals surface area (Å²) in [6.07, 6.45) is 1.92. The number of carbonyl (C=O) groups excluding carboxylic acids is 2. The van der Waals surface area contributed by atoms with Crippen molar-refractivity contribution in [1.29, 1.82) is 0 Å². The molecule has 0 unspecified atom stereocenters. The smallest absolute Gasteiger partial charge is 0.242 e. The van der Waals surface area contributed by atoms with Crippen LogP contribution in [0.5, 0.6) is 0 Å². The Morgan fingerprint density at radius 2 is 1.74 bits per heavy atom. The molecule has 0 spiro atoms. The number of rotatable bonds is 2. The maximum Gasteiger partial charge on any atom is 0.242 e. The third kappa shape index (κ3) is 2.98. The zero-order valence-corrected chi connectivity index (χ0v) is 13.9. The fraction of sp³-hybridized carbons (Fsp3) is 0.556. The molecule has 0 aromatic heterocycles. The zero-order valence-electron chi connectivity index (χ0n) is 13.9. The van der Waals surface area contributed by atoms with E-state index in [4.69, 9.17) is 4.74 Å². The van der Waals surface area contributed by atoms with Gasteiger partial charge >= 0.3 is 0 Å². The first-order valence-corrected chi connectivity index (χ1v) is 8.29. The van der Waals surface area contributed by atoms with Gasteiger partial charge < -0.3 is 14.5 Å². The summed E-state index contributed by atoms with van der Waals surface area (Å²) in [6, 6.07) is 7.98. The molecule has 0 radical (unpaired) electrons. The number of fused-ring (bicyclic) bond motifs is 1. The summed E-state index contributed by atoms with van der Waals surface area (Å²) in [6.45, 7) is 6.37. The molecule has 1 aromatic carbocycles. The van der Waals surface area contributed by atoms with E-state index >= 15 is 0 Å². The first kappa shape index (κ1) is 16.0. The van der Waals surface area contributed by atoms with Crippen LogP contribution in [0.2, 0.25) is 0 Å². The molecule has 124 valence electrons. The maximum atomic E-state index is 13.1. The molecule has 2 heterocycles. The lowest BCUT2D eigenvalue weighted by Crippen LogP contribution is -2.54. The number of anilines is 1. The number of carbonyl (C=O) groups is 2. The summed E-state index contributed by atoms with van der Waals surface area (Å²) in [7, 11) is 0. The minimum atomic E-state index is -1.05. The molecular formula is C18H24N2O3. The lowest BCUT2D eigenvalue weighted by Gasteiger charge is -2.38. The molecule has 1 saturated heterocycles. The van der Waals surface area contributed by atoms with Gasteiger partial charge in [-0.1, -0.05) is 18.2 Å². The number of benzene rings is 1. The Kier molecular flexibility index (Phi) is 4.39. The summed E-state index contributed by atoms with van der Waals surface area (Å²) in [5.74, 6) is -0.213. The van der Waals surface area contributed by atoms with Crippen LogP contribution < -0.4 is 4.90 Å². The summed E-state index contributed by atoms with van der Waals surface area (Å²) in [5.41, 5.74) is 1.08. The van der Waals surface area contributed by atoms with Crippen LogP contribution in [-0.4, -0.2) is 49.6 Å². The van der Waals surface area contributed by atoms with Gasteiger partial charge in [-0.3, -0.25) is 9.59 Å². The molecule has 0 bridgehead atoms. The number of hydrogen-bond donors (Lipinski definition) is 0. The van der Waals surface area contributed by atoms with Gasteiger partial charge in [-0.2, -0.15) is 0 Å². The molecule has 2 aliphatic rings. The normalized spacial score (nSPS) is 18.5. The molecule has 0 atom stereocenters. The van der Waals surface area contributed by atoms with E-state index in [-0.39, 0.29) is 11.8 Å². The molecule has 1 fully saturated rings. The molecule has 3 rings (SSSR count). The van der Waals surface area contributed by atoms with Crippen molar-refractivity contribution in [3.05, 3.63) is 29.8 Å². The lowest BCUT2D eigenvalue weighted by atomic mass is 9.87. The number of nitrogens with zero attached hydrogens (tertiary/aromatic N) is 2. The molecule has 1 aromatic rings. The van der Waals surface area contributed by atoms with Gasteiger partial charge in [0.05, 0.1) is 13.2 Å². The molecule has 2 amide bonds. The van der Waals surface area contributed by atoms with Crippen LogP contribution in [0.4, 0.5) is 5.69 Å². The Morgan fingerprint density at radius 1 is 1.04 bits per heavy atom. The Balaban J connectivity index is 1.83. The van der Waals surface area contributed by atoms with Crippen LogP contribution in [0.25, 0.3) is 0 Å². The van der Waals surface area contributed by atoms with Gasteiger partial charge in [-0.15, -0.1) is 0 Å². The standard InChI is InChI=1S/C18H24N2O3/c1-18(2,16(21)19-10-12-23-13-11-19)17(22)20-9-5-7-14-6-3-4-8-15(14)20/h3-4,6,8H,5,7,9-13H2,1-2H3. The number of hydrogen-bond acceptors (Lipinski definition) is 3.